The Kier molecular flexibility index (Phi) is 11.7. The van der Waals surface area contributed by atoms with E-state index in [1.807, 2.05) is 38.1 Å². The summed E-state index contributed by atoms with van der Waals surface area (Å²) in [7, 11) is 1.53. The molecule has 0 bridgehead atoms. The second-order valence-corrected chi connectivity index (χ2v) is 12.5. The van der Waals surface area contributed by atoms with E-state index in [4.69, 9.17) is 4.74 Å². The summed E-state index contributed by atoms with van der Waals surface area (Å²) in [6.45, 7) is 13.3. The fourth-order valence-corrected chi connectivity index (χ4v) is 5.96. The normalized spacial score (nSPS) is 13.4. The van der Waals surface area contributed by atoms with Crippen molar-refractivity contribution in [1.29, 1.82) is 0 Å². The number of benzene rings is 2. The molecule has 11 heteroatoms. The number of amides is 4. The highest BCUT2D eigenvalue weighted by molar-refractivity contribution is 7.17. The van der Waals surface area contributed by atoms with E-state index < -0.39 is 0 Å². The Morgan fingerprint density at radius 2 is 1.76 bits per heavy atom. The molecule has 4 N–H and O–H groups in total. The lowest BCUT2D eigenvalue weighted by Gasteiger charge is -2.27. The average Bonchev–Trinajstić information content (AvgIpc) is 3.47. The number of carbonyl (C=O) groups is 3. The standard InChI is InChI=1S/C34H44N6O4S/c1-7-26(8-2)37-33(43)38-27-13-14-28(30(22(27)5)32(42)35-6)44-29-19-36-34(45-29)39-31(41)25-11-9-23(10-12-25)24-15-17-40(18-16-24)20-21(3)4/h9-15,19,21,26H,7-8,16-18,20H2,1-6H3,(H,35,42)(H,36,39,41)(H2,37,38,43). The molecule has 0 aliphatic carbocycles. The van der Waals surface area contributed by atoms with E-state index in [2.05, 4.69) is 51.1 Å². The van der Waals surface area contributed by atoms with Crippen LogP contribution in [-0.4, -0.2) is 60.5 Å². The van der Waals surface area contributed by atoms with Crippen molar-refractivity contribution in [2.24, 2.45) is 5.92 Å². The molecule has 3 aromatic rings. The van der Waals surface area contributed by atoms with Crippen molar-refractivity contribution in [2.45, 2.75) is 59.9 Å². The molecule has 0 spiro atoms. The molecular weight excluding hydrogens is 588 g/mol. The lowest BCUT2D eigenvalue weighted by Crippen LogP contribution is -2.37. The SMILES string of the molecule is CCC(CC)NC(=O)Nc1ccc(Oc2cnc(NC(=O)c3ccc(C4=CCN(CC(C)C)CC4)cc3)s2)c(C(=O)NC)c1C. The van der Waals surface area contributed by atoms with Gasteiger partial charge in [-0.2, -0.15) is 0 Å². The number of nitrogens with one attached hydrogen (secondary N) is 4. The highest BCUT2D eigenvalue weighted by Gasteiger charge is 2.21. The molecule has 1 aliphatic rings. The molecule has 0 radical (unpaired) electrons. The zero-order chi connectivity index (χ0) is 32.5. The third-order valence-electron chi connectivity index (χ3n) is 7.80. The first-order valence-corrected chi connectivity index (χ1v) is 16.3. The second kappa shape index (κ2) is 15.7. The molecule has 0 saturated carbocycles. The number of hydrogen-bond acceptors (Lipinski definition) is 7. The van der Waals surface area contributed by atoms with E-state index in [9.17, 15) is 14.4 Å². The van der Waals surface area contributed by atoms with Crippen molar-refractivity contribution < 1.29 is 19.1 Å². The van der Waals surface area contributed by atoms with Crippen LogP contribution in [0.4, 0.5) is 15.6 Å². The largest absolute Gasteiger partial charge is 0.444 e. The Morgan fingerprint density at radius 1 is 1.02 bits per heavy atom. The molecule has 2 heterocycles. The molecule has 1 aromatic heterocycles. The highest BCUT2D eigenvalue weighted by Crippen LogP contribution is 2.35. The van der Waals surface area contributed by atoms with Gasteiger partial charge in [0, 0.05) is 44.0 Å². The summed E-state index contributed by atoms with van der Waals surface area (Å²) in [6, 6.07) is 10.7. The number of carbonyl (C=O) groups excluding carboxylic acids is 3. The van der Waals surface area contributed by atoms with Gasteiger partial charge in [-0.1, -0.05) is 57.2 Å². The summed E-state index contributed by atoms with van der Waals surface area (Å²) < 4.78 is 6.06. The molecule has 1 aliphatic heterocycles. The van der Waals surface area contributed by atoms with Gasteiger partial charge >= 0.3 is 6.03 Å². The van der Waals surface area contributed by atoms with E-state index in [-0.39, 0.29) is 29.5 Å². The number of aromatic nitrogens is 1. The van der Waals surface area contributed by atoms with Gasteiger partial charge in [-0.3, -0.25) is 19.8 Å². The minimum atomic E-state index is -0.357. The van der Waals surface area contributed by atoms with Gasteiger partial charge in [-0.15, -0.1) is 0 Å². The fraction of sp³-hybridized carbons (Fsp3) is 0.412. The van der Waals surface area contributed by atoms with Crippen LogP contribution < -0.4 is 26.0 Å². The van der Waals surface area contributed by atoms with Gasteiger partial charge in [0.05, 0.1) is 11.8 Å². The van der Waals surface area contributed by atoms with Crippen molar-refractivity contribution >= 4 is 45.6 Å². The first-order valence-electron chi connectivity index (χ1n) is 15.5. The summed E-state index contributed by atoms with van der Waals surface area (Å²) in [6.07, 6.45) is 6.41. The van der Waals surface area contributed by atoms with Gasteiger partial charge in [-0.25, -0.2) is 9.78 Å². The Morgan fingerprint density at radius 3 is 2.38 bits per heavy atom. The van der Waals surface area contributed by atoms with Crippen LogP contribution in [-0.2, 0) is 0 Å². The van der Waals surface area contributed by atoms with Crippen molar-refractivity contribution in [3.05, 3.63) is 70.9 Å². The van der Waals surface area contributed by atoms with Gasteiger partial charge in [0.1, 0.15) is 5.75 Å². The molecule has 45 heavy (non-hydrogen) atoms. The van der Waals surface area contributed by atoms with Crippen molar-refractivity contribution in [1.82, 2.24) is 20.5 Å². The molecule has 240 valence electrons. The van der Waals surface area contributed by atoms with Crippen LogP contribution in [0, 0.1) is 12.8 Å². The number of urea groups is 1. The van der Waals surface area contributed by atoms with Crippen LogP contribution in [0.15, 0.2) is 48.7 Å². The van der Waals surface area contributed by atoms with Crippen LogP contribution in [0.2, 0.25) is 0 Å². The van der Waals surface area contributed by atoms with Gasteiger partial charge in [0.25, 0.3) is 11.8 Å². The highest BCUT2D eigenvalue weighted by atomic mass is 32.1. The molecule has 10 nitrogen and oxygen atoms in total. The molecule has 0 saturated heterocycles. The molecule has 4 amide bonds. The topological polar surface area (TPSA) is 125 Å². The Labute approximate surface area is 269 Å². The van der Waals surface area contributed by atoms with Crippen LogP contribution in [0.1, 0.15) is 78.8 Å². The molecule has 0 fully saturated rings. The Balaban J connectivity index is 1.41. The smallest absolute Gasteiger partial charge is 0.319 e. The van der Waals surface area contributed by atoms with Crippen molar-refractivity contribution in [2.75, 3.05) is 37.3 Å². The van der Waals surface area contributed by atoms with E-state index in [0.29, 0.717) is 38.7 Å². The van der Waals surface area contributed by atoms with Crippen LogP contribution >= 0.6 is 11.3 Å². The van der Waals surface area contributed by atoms with Gasteiger partial charge in [0.15, 0.2) is 5.13 Å². The summed E-state index contributed by atoms with van der Waals surface area (Å²) in [5.74, 6) is 0.327. The molecule has 2 aromatic carbocycles. The van der Waals surface area contributed by atoms with Gasteiger partial charge in [-0.05, 0) is 73.1 Å². The van der Waals surface area contributed by atoms with Gasteiger partial charge < -0.3 is 20.7 Å². The van der Waals surface area contributed by atoms with Gasteiger partial charge in [0.2, 0.25) is 5.06 Å². The van der Waals surface area contributed by atoms with E-state index in [1.165, 1.54) is 18.8 Å². The van der Waals surface area contributed by atoms with E-state index >= 15 is 0 Å². The zero-order valence-electron chi connectivity index (χ0n) is 27.0. The summed E-state index contributed by atoms with van der Waals surface area (Å²) in [5, 5.41) is 12.0. The second-order valence-electron chi connectivity index (χ2n) is 11.6. The maximum Gasteiger partial charge on any atom is 0.319 e. The Hall–Kier alpha value is -4.22. The lowest BCUT2D eigenvalue weighted by molar-refractivity contribution is 0.0959. The number of nitrogens with zero attached hydrogens (tertiary/aromatic N) is 2. The monoisotopic (exact) mass is 632 g/mol. The lowest BCUT2D eigenvalue weighted by atomic mass is 9.98. The minimum absolute atomic E-state index is 0.0622. The summed E-state index contributed by atoms with van der Waals surface area (Å²) in [5.41, 5.74) is 4.32. The minimum Gasteiger partial charge on any atom is -0.444 e. The maximum absolute atomic E-state index is 13.0. The molecule has 4 rings (SSSR count). The number of thiazole rings is 1. The van der Waals surface area contributed by atoms with Crippen molar-refractivity contribution in [3.8, 4) is 10.8 Å². The zero-order valence-corrected chi connectivity index (χ0v) is 27.8. The van der Waals surface area contributed by atoms with Crippen molar-refractivity contribution in [3.63, 3.8) is 0 Å². The number of rotatable bonds is 12. The first-order chi connectivity index (χ1) is 21.6. The molecular formula is C34H44N6O4S. The van der Waals surface area contributed by atoms with Crippen LogP contribution in [0.3, 0.4) is 0 Å². The van der Waals surface area contributed by atoms with Crippen LogP contribution in [0.25, 0.3) is 5.57 Å². The van der Waals surface area contributed by atoms with Crippen LogP contribution in [0.5, 0.6) is 10.8 Å². The third kappa shape index (κ3) is 8.92. The number of hydrogen-bond donors (Lipinski definition) is 4. The first kappa shape index (κ1) is 33.7. The average molecular weight is 633 g/mol. The number of anilines is 2. The quantitative estimate of drug-likeness (QED) is 0.172. The predicted octanol–water partition coefficient (Wildman–Crippen LogP) is 6.91. The number of ether oxygens (including phenoxy) is 1. The third-order valence-corrected chi connectivity index (χ3v) is 8.59. The Bertz CT molecular complexity index is 1530. The summed E-state index contributed by atoms with van der Waals surface area (Å²) in [4.78, 5) is 45.1. The summed E-state index contributed by atoms with van der Waals surface area (Å²) >= 11 is 1.15. The van der Waals surface area contributed by atoms with E-state index in [1.54, 1.807) is 19.1 Å². The maximum atomic E-state index is 13.0. The fourth-order valence-electron chi connectivity index (χ4n) is 5.28. The molecule has 0 unspecified atom stereocenters. The van der Waals surface area contributed by atoms with E-state index in [0.717, 1.165) is 55.8 Å². The predicted molar refractivity (Wildman–Crippen MR) is 182 cm³/mol. The molecule has 0 atom stereocenters.